The Labute approximate surface area is 212 Å². The number of benzene rings is 3. The third kappa shape index (κ3) is 4.44. The first-order valence-electron chi connectivity index (χ1n) is 10.9. The fourth-order valence-corrected chi connectivity index (χ4v) is 4.42. The highest BCUT2D eigenvalue weighted by atomic mass is 35.5. The summed E-state index contributed by atoms with van der Waals surface area (Å²) in [6, 6.07) is 17.0. The van der Waals surface area contributed by atoms with Crippen molar-refractivity contribution in [3.63, 3.8) is 0 Å². The Morgan fingerprint density at radius 3 is 2.39 bits per heavy atom. The summed E-state index contributed by atoms with van der Waals surface area (Å²) < 4.78 is 4.86. The van der Waals surface area contributed by atoms with E-state index in [0.29, 0.717) is 16.8 Å². The maximum absolute atomic E-state index is 12.9. The number of nitrogens with one attached hydrogen (secondary N) is 1. The topological polar surface area (TPSA) is 117 Å². The van der Waals surface area contributed by atoms with E-state index in [4.69, 9.17) is 16.3 Å². The van der Waals surface area contributed by atoms with Crippen LogP contribution in [0.3, 0.4) is 0 Å². The SMILES string of the molecule is COC(=O)[C@H](Cc1ccc(N2C(=O)c3cccc(C#N)c3C2=O)cc1)NC(=O)c1c(C)cccc1Cl. The predicted octanol–water partition coefficient (Wildman–Crippen LogP) is 3.83. The quantitative estimate of drug-likeness (QED) is 0.405. The zero-order valence-electron chi connectivity index (χ0n) is 19.4. The second-order valence-electron chi connectivity index (χ2n) is 8.14. The molecule has 180 valence electrons. The van der Waals surface area contributed by atoms with E-state index in [9.17, 15) is 24.4 Å². The van der Waals surface area contributed by atoms with Crippen LogP contribution in [0.5, 0.6) is 0 Å². The van der Waals surface area contributed by atoms with Gasteiger partial charge in [0.1, 0.15) is 6.04 Å². The van der Waals surface area contributed by atoms with Gasteiger partial charge in [0.05, 0.1) is 46.1 Å². The molecule has 3 amide bonds. The largest absolute Gasteiger partial charge is 0.467 e. The summed E-state index contributed by atoms with van der Waals surface area (Å²) in [5.74, 6) is -2.24. The Bertz CT molecular complexity index is 1420. The van der Waals surface area contributed by atoms with Crippen molar-refractivity contribution in [3.05, 3.63) is 99.1 Å². The van der Waals surface area contributed by atoms with Gasteiger partial charge >= 0.3 is 5.97 Å². The summed E-state index contributed by atoms with van der Waals surface area (Å²) in [7, 11) is 1.23. The number of methoxy groups -OCH3 is 1. The van der Waals surface area contributed by atoms with Gasteiger partial charge in [-0.25, -0.2) is 9.69 Å². The highest BCUT2D eigenvalue weighted by Crippen LogP contribution is 2.30. The molecular weight excluding hydrogens is 482 g/mol. The van der Waals surface area contributed by atoms with Gasteiger partial charge in [-0.2, -0.15) is 5.26 Å². The van der Waals surface area contributed by atoms with Crippen LogP contribution in [0.2, 0.25) is 5.02 Å². The van der Waals surface area contributed by atoms with Crippen LogP contribution in [0.15, 0.2) is 60.7 Å². The number of esters is 1. The number of carbonyl (C=O) groups is 4. The summed E-state index contributed by atoms with van der Waals surface area (Å²) in [4.78, 5) is 52.1. The molecule has 1 atom stereocenters. The molecule has 0 bridgehead atoms. The van der Waals surface area contributed by atoms with Crippen LogP contribution in [0.25, 0.3) is 0 Å². The van der Waals surface area contributed by atoms with Crippen molar-refractivity contribution in [1.29, 1.82) is 5.26 Å². The van der Waals surface area contributed by atoms with E-state index >= 15 is 0 Å². The number of amides is 3. The fraction of sp³-hybridized carbons (Fsp3) is 0.148. The van der Waals surface area contributed by atoms with Crippen molar-refractivity contribution in [2.24, 2.45) is 0 Å². The Balaban J connectivity index is 1.55. The van der Waals surface area contributed by atoms with E-state index in [2.05, 4.69) is 5.32 Å². The molecule has 0 unspecified atom stereocenters. The number of aryl methyl sites for hydroxylation is 1. The lowest BCUT2D eigenvalue weighted by atomic mass is 10.0. The smallest absolute Gasteiger partial charge is 0.328 e. The number of carbonyl (C=O) groups excluding carboxylic acids is 4. The molecule has 3 aromatic rings. The van der Waals surface area contributed by atoms with Crippen molar-refractivity contribution in [1.82, 2.24) is 5.32 Å². The second-order valence-corrected chi connectivity index (χ2v) is 8.54. The number of nitriles is 1. The number of ether oxygens (including phenoxy) is 1. The molecular formula is C27H20ClN3O5. The minimum atomic E-state index is -0.999. The summed E-state index contributed by atoms with van der Waals surface area (Å²) >= 11 is 6.18. The van der Waals surface area contributed by atoms with Crippen LogP contribution >= 0.6 is 11.6 Å². The Kier molecular flexibility index (Phi) is 6.86. The molecule has 0 fully saturated rings. The van der Waals surface area contributed by atoms with E-state index in [1.165, 1.54) is 19.2 Å². The van der Waals surface area contributed by atoms with Gasteiger partial charge < -0.3 is 10.1 Å². The average Bonchev–Trinajstić information content (AvgIpc) is 3.13. The van der Waals surface area contributed by atoms with Crippen molar-refractivity contribution in [2.75, 3.05) is 12.0 Å². The number of anilines is 1. The molecule has 0 spiro atoms. The predicted molar refractivity (Wildman–Crippen MR) is 132 cm³/mol. The van der Waals surface area contributed by atoms with Crippen molar-refractivity contribution >= 4 is 41.0 Å². The summed E-state index contributed by atoms with van der Waals surface area (Å²) in [6.45, 7) is 1.74. The molecule has 0 aliphatic carbocycles. The highest BCUT2D eigenvalue weighted by Gasteiger charge is 2.38. The summed E-state index contributed by atoms with van der Waals surface area (Å²) in [5.41, 5.74) is 2.29. The lowest BCUT2D eigenvalue weighted by Crippen LogP contribution is -2.43. The molecule has 0 saturated carbocycles. The number of fused-ring (bicyclic) bond motifs is 1. The molecule has 9 heteroatoms. The highest BCUT2D eigenvalue weighted by molar-refractivity contribution is 6.35. The van der Waals surface area contributed by atoms with Gasteiger partial charge in [0.25, 0.3) is 17.7 Å². The summed E-state index contributed by atoms with van der Waals surface area (Å²) in [6.07, 6.45) is 0.100. The molecule has 1 aliphatic rings. The number of hydrogen-bond acceptors (Lipinski definition) is 6. The van der Waals surface area contributed by atoms with Gasteiger partial charge in [-0.05, 0) is 48.4 Å². The first-order chi connectivity index (χ1) is 17.3. The minimum Gasteiger partial charge on any atom is -0.467 e. The molecule has 0 saturated heterocycles. The first-order valence-corrected chi connectivity index (χ1v) is 11.3. The van der Waals surface area contributed by atoms with Gasteiger partial charge in [-0.15, -0.1) is 0 Å². The normalized spacial score (nSPS) is 13.1. The standard InChI is InChI=1S/C27H20ClN3O5/c1-15-5-3-8-20(28)22(15)24(32)30-21(27(35)36-2)13-16-9-11-18(12-10-16)31-25(33)19-7-4-6-17(14-29)23(19)26(31)34/h3-12,21H,13H2,1-2H3,(H,30,32)/t21-/m0/s1. The Morgan fingerprint density at radius 2 is 1.75 bits per heavy atom. The number of nitrogens with zero attached hydrogens (tertiary/aromatic N) is 2. The molecule has 4 rings (SSSR count). The number of halogens is 1. The van der Waals surface area contributed by atoms with Crippen LogP contribution in [-0.4, -0.2) is 36.8 Å². The van der Waals surface area contributed by atoms with Crippen molar-refractivity contribution < 1.29 is 23.9 Å². The lowest BCUT2D eigenvalue weighted by molar-refractivity contribution is -0.142. The zero-order valence-corrected chi connectivity index (χ0v) is 20.1. The maximum atomic E-state index is 12.9. The lowest BCUT2D eigenvalue weighted by Gasteiger charge is -2.19. The van der Waals surface area contributed by atoms with E-state index in [1.54, 1.807) is 55.5 Å². The van der Waals surface area contributed by atoms with Gasteiger partial charge in [0.2, 0.25) is 0 Å². The third-order valence-electron chi connectivity index (χ3n) is 5.91. The number of rotatable bonds is 6. The summed E-state index contributed by atoms with van der Waals surface area (Å²) in [5, 5.41) is 12.2. The maximum Gasteiger partial charge on any atom is 0.328 e. The van der Waals surface area contributed by atoms with Crippen LogP contribution in [-0.2, 0) is 16.0 Å². The first kappa shape index (κ1) is 24.6. The average molecular weight is 502 g/mol. The van der Waals surface area contributed by atoms with Gasteiger partial charge in [-0.3, -0.25) is 14.4 Å². The monoisotopic (exact) mass is 501 g/mol. The molecule has 36 heavy (non-hydrogen) atoms. The molecule has 0 radical (unpaired) electrons. The number of hydrogen-bond donors (Lipinski definition) is 1. The van der Waals surface area contributed by atoms with Crippen molar-refractivity contribution in [3.8, 4) is 6.07 Å². The molecule has 1 aliphatic heterocycles. The van der Waals surface area contributed by atoms with Crippen LogP contribution in [0.1, 0.15) is 47.8 Å². The van der Waals surface area contributed by atoms with Gasteiger partial charge in [0.15, 0.2) is 0 Å². The third-order valence-corrected chi connectivity index (χ3v) is 6.22. The van der Waals surface area contributed by atoms with Crippen molar-refractivity contribution in [2.45, 2.75) is 19.4 Å². The Morgan fingerprint density at radius 1 is 1.06 bits per heavy atom. The molecule has 0 aromatic heterocycles. The van der Waals surface area contributed by atoms with Gasteiger partial charge in [-0.1, -0.05) is 41.9 Å². The molecule has 1 N–H and O–H groups in total. The minimum absolute atomic E-state index is 0.0809. The van der Waals surface area contributed by atoms with E-state index in [1.807, 2.05) is 6.07 Å². The molecule has 3 aromatic carbocycles. The van der Waals surface area contributed by atoms with E-state index < -0.39 is 29.7 Å². The zero-order chi connectivity index (χ0) is 26.0. The second kappa shape index (κ2) is 10.0. The fourth-order valence-electron chi connectivity index (χ4n) is 4.12. The molecule has 1 heterocycles. The van der Waals surface area contributed by atoms with Crippen LogP contribution in [0, 0.1) is 18.3 Å². The molecule has 8 nitrogen and oxygen atoms in total. The van der Waals surface area contributed by atoms with Gasteiger partial charge in [0, 0.05) is 6.42 Å². The number of imide groups is 1. The van der Waals surface area contributed by atoms with Crippen LogP contribution in [0.4, 0.5) is 5.69 Å². The Hall–Kier alpha value is -4.48. The van der Waals surface area contributed by atoms with E-state index in [0.717, 1.165) is 4.90 Å². The van der Waals surface area contributed by atoms with E-state index in [-0.39, 0.29) is 33.7 Å². The van der Waals surface area contributed by atoms with Crippen LogP contribution < -0.4 is 10.2 Å².